The number of phenolic OH excluding ortho intramolecular Hbond substituents is 1. The summed E-state index contributed by atoms with van der Waals surface area (Å²) in [5.74, 6) is -0.679. The van der Waals surface area contributed by atoms with Crippen molar-refractivity contribution >= 4 is 35.4 Å². The zero-order chi connectivity index (χ0) is 23.0. The van der Waals surface area contributed by atoms with Crippen LogP contribution in [0.3, 0.4) is 0 Å². The van der Waals surface area contributed by atoms with Crippen LogP contribution in [0, 0.1) is 12.3 Å². The number of amides is 1. The number of Topliss-reactive ketones (excluding diaryl/α,β-unsaturated/α-hetero) is 1. The van der Waals surface area contributed by atoms with Crippen LogP contribution in [0.1, 0.15) is 51.8 Å². The van der Waals surface area contributed by atoms with Gasteiger partial charge in [0.05, 0.1) is 28.2 Å². The topological polar surface area (TPSA) is 117 Å². The summed E-state index contributed by atoms with van der Waals surface area (Å²) in [6.07, 6.45) is 1.61. The first-order chi connectivity index (χ1) is 14.4. The lowest BCUT2D eigenvalue weighted by molar-refractivity contribution is -0.135. The summed E-state index contributed by atoms with van der Waals surface area (Å²) in [5, 5.41) is 17.0. The molecule has 3 atom stereocenters. The Morgan fingerprint density at radius 3 is 2.50 bits per heavy atom. The maximum Gasteiger partial charge on any atom is 0.238 e. The molecule has 1 aliphatic rings. The molecule has 0 bridgehead atoms. The number of nitrogens with zero attached hydrogens (tertiary/aromatic N) is 1. The fraction of sp³-hybridized carbons (Fsp3) is 0.522. The fourth-order valence-corrected chi connectivity index (χ4v) is 4.68. The maximum absolute atomic E-state index is 13.6. The molecule has 2 aromatic rings. The summed E-state index contributed by atoms with van der Waals surface area (Å²) in [4.78, 5) is 31.8. The lowest BCUT2D eigenvalue weighted by Crippen LogP contribution is -2.60. The van der Waals surface area contributed by atoms with E-state index in [0.29, 0.717) is 12.0 Å². The molecule has 3 rings (SSSR count). The predicted octanol–water partition coefficient (Wildman–Crippen LogP) is 3.27. The molecule has 9 heteroatoms. The van der Waals surface area contributed by atoms with E-state index in [-0.39, 0.29) is 35.9 Å². The third-order valence-corrected chi connectivity index (χ3v) is 6.98. The zero-order valence-electron chi connectivity index (χ0n) is 19.2. The van der Waals surface area contributed by atoms with Crippen molar-refractivity contribution in [2.75, 3.05) is 6.54 Å². The van der Waals surface area contributed by atoms with Gasteiger partial charge < -0.3 is 21.5 Å². The normalized spacial score (nSPS) is 19.0. The fourth-order valence-electron chi connectivity index (χ4n) is 3.88. The summed E-state index contributed by atoms with van der Waals surface area (Å²) in [6, 6.07) is 3.95. The van der Waals surface area contributed by atoms with Gasteiger partial charge in [0.15, 0.2) is 5.78 Å². The van der Waals surface area contributed by atoms with Crippen LogP contribution in [-0.4, -0.2) is 40.4 Å². The molecule has 32 heavy (non-hydrogen) atoms. The number of aromatic hydroxyl groups is 1. The Bertz CT molecular complexity index is 982. The number of nitrogens with one attached hydrogen (secondary N) is 2. The van der Waals surface area contributed by atoms with E-state index < -0.39 is 17.0 Å². The van der Waals surface area contributed by atoms with Gasteiger partial charge >= 0.3 is 0 Å². The highest BCUT2D eigenvalue weighted by atomic mass is 35.5. The van der Waals surface area contributed by atoms with E-state index in [1.54, 1.807) is 24.6 Å². The summed E-state index contributed by atoms with van der Waals surface area (Å²) >= 11 is 1.48. The molecule has 1 aromatic carbocycles. The van der Waals surface area contributed by atoms with Crippen LogP contribution < -0.4 is 16.4 Å². The largest absolute Gasteiger partial charge is 0.508 e. The molecule has 1 amide bonds. The lowest BCUT2D eigenvalue weighted by atomic mass is 9.75. The number of halogens is 1. The van der Waals surface area contributed by atoms with Gasteiger partial charge in [0.1, 0.15) is 11.3 Å². The van der Waals surface area contributed by atoms with E-state index in [9.17, 15) is 14.7 Å². The van der Waals surface area contributed by atoms with E-state index in [2.05, 4.69) is 15.6 Å². The Kier molecular flexibility index (Phi) is 8.10. The maximum atomic E-state index is 13.6. The molecule has 1 fully saturated rings. The molecule has 7 nitrogen and oxygen atoms in total. The number of thiazole rings is 1. The number of aromatic nitrogens is 1. The van der Waals surface area contributed by atoms with Gasteiger partial charge in [-0.25, -0.2) is 4.98 Å². The van der Waals surface area contributed by atoms with Gasteiger partial charge in [-0.15, -0.1) is 23.7 Å². The van der Waals surface area contributed by atoms with Crippen LogP contribution >= 0.6 is 23.7 Å². The minimum atomic E-state index is -1.47. The number of rotatable bonds is 6. The Labute approximate surface area is 199 Å². The third kappa shape index (κ3) is 5.14. The van der Waals surface area contributed by atoms with E-state index in [4.69, 9.17) is 5.73 Å². The molecule has 5 N–H and O–H groups in total. The number of aryl methyl sites for hydroxylation is 1. The molecule has 0 aliphatic carbocycles. The van der Waals surface area contributed by atoms with Crippen molar-refractivity contribution in [3.8, 4) is 16.2 Å². The van der Waals surface area contributed by atoms with E-state index in [1.807, 2.05) is 33.8 Å². The van der Waals surface area contributed by atoms with Gasteiger partial charge in [-0.3, -0.25) is 9.59 Å². The number of carbonyl (C=O) groups is 2. The summed E-state index contributed by atoms with van der Waals surface area (Å²) in [7, 11) is 0. The van der Waals surface area contributed by atoms with Crippen LogP contribution in [0.2, 0.25) is 0 Å². The van der Waals surface area contributed by atoms with Crippen molar-refractivity contribution < 1.29 is 14.7 Å². The average Bonchev–Trinajstić information content (AvgIpc) is 3.37. The standard InChI is InChI=1S/C23H32N4O3S.ClH/c1-13-18(31-12-26-13)14-8-9-15(17(28)11-14)23(5,20(29)19(24)22(2,3)4)27-21(30)16-7-6-10-25-16;/h8-9,11-12,16,19,25,28H,6-7,10,24H2,1-5H3,(H,27,30);1H/t16?,19?,23-;/m0./s1. The van der Waals surface area contributed by atoms with Crippen molar-refractivity contribution in [3.63, 3.8) is 0 Å². The highest BCUT2D eigenvalue weighted by Crippen LogP contribution is 2.38. The van der Waals surface area contributed by atoms with Gasteiger partial charge in [0.25, 0.3) is 0 Å². The summed E-state index contributed by atoms with van der Waals surface area (Å²) in [6.45, 7) is 9.93. The number of benzene rings is 1. The average molecular weight is 481 g/mol. The Morgan fingerprint density at radius 1 is 1.31 bits per heavy atom. The Hall–Kier alpha value is -2.00. The van der Waals surface area contributed by atoms with Crippen molar-refractivity contribution in [1.29, 1.82) is 0 Å². The van der Waals surface area contributed by atoms with Crippen molar-refractivity contribution in [2.24, 2.45) is 11.1 Å². The second kappa shape index (κ2) is 9.87. The van der Waals surface area contributed by atoms with Crippen molar-refractivity contribution in [2.45, 2.75) is 65.1 Å². The number of phenols is 1. The number of carbonyl (C=O) groups excluding carboxylic acids is 2. The molecule has 176 valence electrons. The molecule has 2 unspecified atom stereocenters. The first-order valence-corrected chi connectivity index (χ1v) is 11.4. The minimum Gasteiger partial charge on any atom is -0.508 e. The van der Waals surface area contributed by atoms with Crippen molar-refractivity contribution in [1.82, 2.24) is 15.6 Å². The predicted molar refractivity (Wildman–Crippen MR) is 130 cm³/mol. The van der Waals surface area contributed by atoms with Crippen LogP contribution in [0.4, 0.5) is 0 Å². The van der Waals surface area contributed by atoms with Gasteiger partial charge in [0, 0.05) is 5.56 Å². The lowest BCUT2D eigenvalue weighted by Gasteiger charge is -2.37. The van der Waals surface area contributed by atoms with Crippen LogP contribution in [0.25, 0.3) is 10.4 Å². The third-order valence-electron chi connectivity index (χ3n) is 6.00. The first-order valence-electron chi connectivity index (χ1n) is 10.5. The number of nitrogens with two attached hydrogens (primary N) is 1. The van der Waals surface area contributed by atoms with E-state index in [1.165, 1.54) is 11.3 Å². The second-order valence-electron chi connectivity index (χ2n) is 9.47. The van der Waals surface area contributed by atoms with E-state index >= 15 is 0 Å². The molecule has 0 spiro atoms. The Morgan fingerprint density at radius 2 is 2.00 bits per heavy atom. The van der Waals surface area contributed by atoms with Gasteiger partial charge in [0.2, 0.25) is 5.91 Å². The number of hydrogen-bond acceptors (Lipinski definition) is 7. The van der Waals surface area contributed by atoms with Crippen LogP contribution in [0.15, 0.2) is 23.7 Å². The van der Waals surface area contributed by atoms with Crippen molar-refractivity contribution in [3.05, 3.63) is 35.0 Å². The highest BCUT2D eigenvalue weighted by Gasteiger charge is 2.45. The van der Waals surface area contributed by atoms with Crippen LogP contribution in [-0.2, 0) is 15.1 Å². The smallest absolute Gasteiger partial charge is 0.238 e. The molecule has 1 aromatic heterocycles. The molecule has 0 radical (unpaired) electrons. The Balaban J connectivity index is 0.00000363. The molecular formula is C23H33ClN4O3S. The first kappa shape index (κ1) is 26.3. The second-order valence-corrected chi connectivity index (χ2v) is 10.3. The molecule has 0 saturated carbocycles. The van der Waals surface area contributed by atoms with E-state index in [0.717, 1.165) is 29.1 Å². The summed E-state index contributed by atoms with van der Waals surface area (Å²) < 4.78 is 0. The SMILES string of the molecule is Cc1ncsc1-c1ccc([C@](C)(NC(=O)C2CCCN2)C(=O)C(N)C(C)(C)C)c(O)c1.Cl. The monoisotopic (exact) mass is 480 g/mol. The number of hydrogen-bond donors (Lipinski definition) is 4. The molecule has 1 saturated heterocycles. The quantitative estimate of drug-likeness (QED) is 0.504. The summed E-state index contributed by atoms with van der Waals surface area (Å²) in [5.41, 5.74) is 8.09. The van der Waals surface area contributed by atoms with Crippen LogP contribution in [0.5, 0.6) is 5.75 Å². The van der Waals surface area contributed by atoms with Gasteiger partial charge in [-0.05, 0) is 50.3 Å². The van der Waals surface area contributed by atoms with Gasteiger partial charge in [-0.1, -0.05) is 32.9 Å². The molecular weight excluding hydrogens is 448 g/mol. The molecule has 1 aliphatic heterocycles. The minimum absolute atomic E-state index is 0. The zero-order valence-corrected chi connectivity index (χ0v) is 20.8. The highest BCUT2D eigenvalue weighted by molar-refractivity contribution is 7.13. The number of ketones is 1. The molecule has 2 heterocycles. The van der Waals surface area contributed by atoms with Gasteiger partial charge in [-0.2, -0.15) is 0 Å².